The molecule has 0 saturated carbocycles. The lowest BCUT2D eigenvalue weighted by atomic mass is 10.1. The van der Waals surface area contributed by atoms with Gasteiger partial charge in [-0.3, -0.25) is 0 Å². The fourth-order valence-corrected chi connectivity index (χ4v) is 2.32. The zero-order chi connectivity index (χ0) is 15.7. The molecule has 1 aliphatic rings. The molecule has 2 aromatic rings. The van der Waals surface area contributed by atoms with E-state index in [1.807, 2.05) is 0 Å². The molecule has 0 aliphatic carbocycles. The van der Waals surface area contributed by atoms with Crippen LogP contribution in [0.2, 0.25) is 0 Å². The van der Waals surface area contributed by atoms with Crippen molar-refractivity contribution in [2.24, 2.45) is 0 Å². The molecule has 1 atom stereocenters. The molecule has 8 nitrogen and oxygen atoms in total. The Morgan fingerprint density at radius 1 is 1.41 bits per heavy atom. The second-order valence-corrected chi connectivity index (χ2v) is 4.97. The van der Waals surface area contributed by atoms with Crippen LogP contribution in [0, 0.1) is 17.0 Å². The molecule has 0 bridgehead atoms. The lowest BCUT2D eigenvalue weighted by molar-refractivity contribution is -0.389. The molecule has 3 rings (SSSR count). The number of aromatic nitrogens is 2. The first-order valence-corrected chi connectivity index (χ1v) is 6.80. The van der Waals surface area contributed by atoms with Crippen molar-refractivity contribution in [2.75, 3.05) is 13.2 Å². The second-order valence-electron chi connectivity index (χ2n) is 4.97. The third kappa shape index (κ3) is 2.73. The van der Waals surface area contributed by atoms with E-state index in [-0.39, 0.29) is 12.4 Å². The maximum atomic E-state index is 10.7. The lowest BCUT2D eigenvalue weighted by Crippen LogP contribution is -2.16. The second kappa shape index (κ2) is 5.64. The molecule has 8 heteroatoms. The van der Waals surface area contributed by atoms with Crippen molar-refractivity contribution in [1.29, 1.82) is 0 Å². The predicted molar refractivity (Wildman–Crippen MR) is 76.0 cm³/mol. The predicted octanol–water partition coefficient (Wildman–Crippen LogP) is 1.60. The fourth-order valence-electron chi connectivity index (χ4n) is 2.32. The van der Waals surface area contributed by atoms with Gasteiger partial charge in [-0.15, -0.1) is 0 Å². The minimum Gasteiger partial charge on any atom is -0.486 e. The van der Waals surface area contributed by atoms with Gasteiger partial charge in [-0.05, 0) is 27.6 Å². The van der Waals surface area contributed by atoms with E-state index in [9.17, 15) is 15.2 Å². The van der Waals surface area contributed by atoms with Crippen molar-refractivity contribution in [1.82, 2.24) is 9.55 Å². The van der Waals surface area contributed by atoms with Crippen LogP contribution in [0.1, 0.15) is 17.5 Å². The molecule has 116 valence electrons. The lowest BCUT2D eigenvalue weighted by Gasteiger charge is -2.20. The number of hydrogen-bond acceptors (Lipinski definition) is 6. The molecule has 0 radical (unpaired) electrons. The highest BCUT2D eigenvalue weighted by molar-refractivity contribution is 5.44. The van der Waals surface area contributed by atoms with E-state index in [0.717, 1.165) is 0 Å². The highest BCUT2D eigenvalue weighted by Crippen LogP contribution is 2.33. The van der Waals surface area contributed by atoms with Gasteiger partial charge in [0.05, 0.1) is 12.6 Å². The van der Waals surface area contributed by atoms with E-state index in [0.29, 0.717) is 36.1 Å². The molecule has 0 spiro atoms. The standard InChI is InChI=1S/C14H15N3O5/c1-9-15-14(17(19)20)8-16(9)7-11(18)10-2-3-12-13(6-10)22-5-4-21-12/h2-3,6,8,11,18H,4-5,7H2,1H3/t11-/m1/s1. The minimum absolute atomic E-state index is 0.173. The molecule has 1 aromatic carbocycles. The molecule has 0 unspecified atom stereocenters. The number of aryl methyl sites for hydroxylation is 1. The number of aliphatic hydroxyl groups excluding tert-OH is 1. The summed E-state index contributed by atoms with van der Waals surface area (Å²) >= 11 is 0. The Labute approximate surface area is 126 Å². The van der Waals surface area contributed by atoms with Crippen LogP contribution >= 0.6 is 0 Å². The molecule has 0 saturated heterocycles. The summed E-state index contributed by atoms with van der Waals surface area (Å²) in [6.07, 6.45) is 0.486. The number of hydrogen-bond donors (Lipinski definition) is 1. The number of imidazole rings is 1. The smallest absolute Gasteiger partial charge is 0.381 e. The average molecular weight is 305 g/mol. The third-order valence-electron chi connectivity index (χ3n) is 3.47. The van der Waals surface area contributed by atoms with E-state index in [1.54, 1.807) is 29.7 Å². The number of benzene rings is 1. The zero-order valence-electron chi connectivity index (χ0n) is 11.9. The van der Waals surface area contributed by atoms with Crippen LogP contribution < -0.4 is 9.47 Å². The van der Waals surface area contributed by atoms with Gasteiger partial charge >= 0.3 is 5.82 Å². The molecule has 0 fully saturated rings. The number of fused-ring (bicyclic) bond motifs is 1. The Kier molecular flexibility index (Phi) is 3.68. The number of nitrogens with zero attached hydrogens (tertiary/aromatic N) is 3. The van der Waals surface area contributed by atoms with E-state index < -0.39 is 11.0 Å². The summed E-state index contributed by atoms with van der Waals surface area (Å²) in [5, 5.41) is 21.1. The largest absolute Gasteiger partial charge is 0.486 e. The number of rotatable bonds is 4. The number of aliphatic hydroxyl groups is 1. The van der Waals surface area contributed by atoms with Gasteiger partial charge in [0.1, 0.15) is 19.4 Å². The van der Waals surface area contributed by atoms with Gasteiger partial charge in [0, 0.05) is 6.92 Å². The van der Waals surface area contributed by atoms with Gasteiger partial charge < -0.3 is 29.3 Å². The van der Waals surface area contributed by atoms with Gasteiger partial charge in [0.25, 0.3) is 0 Å². The van der Waals surface area contributed by atoms with Crippen molar-refractivity contribution in [3.63, 3.8) is 0 Å². The first-order chi connectivity index (χ1) is 10.5. The fraction of sp³-hybridized carbons (Fsp3) is 0.357. The van der Waals surface area contributed by atoms with Gasteiger partial charge in [-0.2, -0.15) is 0 Å². The highest BCUT2D eigenvalue weighted by Gasteiger charge is 2.20. The van der Waals surface area contributed by atoms with Crippen LogP contribution in [0.3, 0.4) is 0 Å². The highest BCUT2D eigenvalue weighted by atomic mass is 16.6. The van der Waals surface area contributed by atoms with E-state index in [2.05, 4.69) is 4.98 Å². The topological polar surface area (TPSA) is 99.7 Å². The number of ether oxygens (including phenoxy) is 2. The van der Waals surface area contributed by atoms with Crippen molar-refractivity contribution in [2.45, 2.75) is 19.6 Å². The summed E-state index contributed by atoms with van der Waals surface area (Å²) < 4.78 is 12.5. The van der Waals surface area contributed by atoms with Crippen LogP contribution in [-0.2, 0) is 6.54 Å². The summed E-state index contributed by atoms with van der Waals surface area (Å²) in [6, 6.07) is 5.22. The van der Waals surface area contributed by atoms with Crippen molar-refractivity contribution in [3.05, 3.63) is 45.9 Å². The quantitative estimate of drug-likeness (QED) is 0.680. The van der Waals surface area contributed by atoms with Crippen molar-refractivity contribution >= 4 is 5.82 Å². The Morgan fingerprint density at radius 2 is 2.14 bits per heavy atom. The monoisotopic (exact) mass is 305 g/mol. The molecule has 0 amide bonds. The van der Waals surface area contributed by atoms with Crippen LogP contribution in [0.25, 0.3) is 0 Å². The first kappa shape index (κ1) is 14.3. The Morgan fingerprint density at radius 3 is 2.82 bits per heavy atom. The Balaban J connectivity index is 1.79. The minimum atomic E-state index is -0.830. The maximum absolute atomic E-state index is 10.7. The molecule has 1 aliphatic heterocycles. The molecule has 1 aromatic heterocycles. The normalized spacial score (nSPS) is 14.6. The third-order valence-corrected chi connectivity index (χ3v) is 3.47. The molecular formula is C14H15N3O5. The average Bonchev–Trinajstić information content (AvgIpc) is 2.88. The van der Waals surface area contributed by atoms with Gasteiger partial charge in [0.15, 0.2) is 11.5 Å². The van der Waals surface area contributed by atoms with Crippen molar-refractivity contribution in [3.8, 4) is 11.5 Å². The van der Waals surface area contributed by atoms with Crippen LogP contribution in [0.15, 0.2) is 24.4 Å². The SMILES string of the molecule is Cc1nc([N+](=O)[O-])cn1C[C@@H](O)c1ccc2c(c1)OCCO2. The van der Waals surface area contributed by atoms with Gasteiger partial charge in [-0.25, -0.2) is 0 Å². The number of nitro groups is 1. The Bertz CT molecular complexity index is 712. The first-order valence-electron chi connectivity index (χ1n) is 6.80. The summed E-state index contributed by atoms with van der Waals surface area (Å²) in [7, 11) is 0. The van der Waals surface area contributed by atoms with Gasteiger partial charge in [-0.1, -0.05) is 6.07 Å². The van der Waals surface area contributed by atoms with E-state index >= 15 is 0 Å². The van der Waals surface area contributed by atoms with Crippen molar-refractivity contribution < 1.29 is 19.5 Å². The molecule has 22 heavy (non-hydrogen) atoms. The van der Waals surface area contributed by atoms with Crippen LogP contribution in [0.5, 0.6) is 11.5 Å². The molecule has 2 heterocycles. The molecule has 1 N–H and O–H groups in total. The molecular weight excluding hydrogens is 290 g/mol. The zero-order valence-corrected chi connectivity index (χ0v) is 11.9. The van der Waals surface area contributed by atoms with E-state index in [4.69, 9.17) is 9.47 Å². The summed E-state index contributed by atoms with van der Waals surface area (Å²) in [6.45, 7) is 2.81. The summed E-state index contributed by atoms with van der Waals surface area (Å²) in [5.41, 5.74) is 0.653. The summed E-state index contributed by atoms with van der Waals surface area (Å²) in [4.78, 5) is 14.0. The van der Waals surface area contributed by atoms with Gasteiger partial charge in [0.2, 0.25) is 5.82 Å². The summed E-state index contributed by atoms with van der Waals surface area (Å²) in [5.74, 6) is 1.49. The van der Waals surface area contributed by atoms with Crippen LogP contribution in [-0.4, -0.2) is 32.8 Å². The Hall–Kier alpha value is -2.61. The van der Waals surface area contributed by atoms with E-state index in [1.165, 1.54) is 6.20 Å². The maximum Gasteiger partial charge on any atom is 0.381 e. The van der Waals surface area contributed by atoms with Crippen LogP contribution in [0.4, 0.5) is 5.82 Å².